The van der Waals surface area contributed by atoms with E-state index in [1.165, 1.54) is 0 Å². The van der Waals surface area contributed by atoms with Crippen molar-refractivity contribution in [3.8, 4) is 0 Å². The molecule has 0 radical (unpaired) electrons. The second-order valence-corrected chi connectivity index (χ2v) is 4.19. The van der Waals surface area contributed by atoms with Crippen molar-refractivity contribution in [1.82, 2.24) is 5.06 Å². The predicted molar refractivity (Wildman–Crippen MR) is 67.2 cm³/mol. The van der Waals surface area contributed by atoms with Crippen LogP contribution in [0.25, 0.3) is 6.08 Å². The highest BCUT2D eigenvalue weighted by Gasteiger charge is 2.39. The van der Waals surface area contributed by atoms with E-state index in [9.17, 15) is 14.4 Å². The van der Waals surface area contributed by atoms with Gasteiger partial charge >= 0.3 is 5.97 Å². The van der Waals surface area contributed by atoms with Crippen LogP contribution in [0.5, 0.6) is 0 Å². The summed E-state index contributed by atoms with van der Waals surface area (Å²) in [6.07, 6.45) is 3.45. The van der Waals surface area contributed by atoms with Gasteiger partial charge in [0.05, 0.1) is 5.92 Å². The van der Waals surface area contributed by atoms with E-state index in [4.69, 9.17) is 0 Å². The van der Waals surface area contributed by atoms with Crippen LogP contribution in [0.3, 0.4) is 0 Å². The maximum atomic E-state index is 11.8. The Morgan fingerprint density at radius 1 is 1.32 bits per heavy atom. The summed E-state index contributed by atoms with van der Waals surface area (Å²) in [5, 5.41) is 0.544. The lowest BCUT2D eigenvalue weighted by atomic mass is 10.1. The summed E-state index contributed by atoms with van der Waals surface area (Å²) in [7, 11) is 0. The zero-order valence-corrected chi connectivity index (χ0v) is 10.4. The molecule has 1 aliphatic rings. The van der Waals surface area contributed by atoms with Crippen molar-refractivity contribution in [2.45, 2.75) is 13.3 Å². The number of nitrogens with zero attached hydrogens (tertiary/aromatic N) is 1. The van der Waals surface area contributed by atoms with E-state index in [1.807, 2.05) is 30.3 Å². The van der Waals surface area contributed by atoms with Gasteiger partial charge in [-0.25, -0.2) is 4.79 Å². The van der Waals surface area contributed by atoms with Crippen LogP contribution in [-0.2, 0) is 19.2 Å². The molecule has 1 saturated heterocycles. The second kappa shape index (κ2) is 5.48. The standard InChI is InChI=1S/C14H13NO4/c1-10(16)19-15-13(17)9-12(14(15)18)8-7-11-5-3-2-4-6-11/h2-8,12H,9H2,1H3/b8-7+. The lowest BCUT2D eigenvalue weighted by Crippen LogP contribution is -2.32. The summed E-state index contributed by atoms with van der Waals surface area (Å²) in [5.41, 5.74) is 0.939. The van der Waals surface area contributed by atoms with Gasteiger partial charge in [-0.2, -0.15) is 0 Å². The molecule has 1 fully saturated rings. The molecule has 0 saturated carbocycles. The summed E-state index contributed by atoms with van der Waals surface area (Å²) in [6, 6.07) is 9.44. The average molecular weight is 259 g/mol. The molecule has 5 nitrogen and oxygen atoms in total. The monoisotopic (exact) mass is 259 g/mol. The van der Waals surface area contributed by atoms with Crippen molar-refractivity contribution < 1.29 is 19.2 Å². The van der Waals surface area contributed by atoms with Gasteiger partial charge in [0.2, 0.25) is 0 Å². The van der Waals surface area contributed by atoms with Crippen LogP contribution >= 0.6 is 0 Å². The van der Waals surface area contributed by atoms with Gasteiger partial charge in [-0.05, 0) is 5.56 Å². The Balaban J connectivity index is 2.07. The van der Waals surface area contributed by atoms with E-state index in [0.29, 0.717) is 5.06 Å². The lowest BCUT2D eigenvalue weighted by molar-refractivity contribution is -0.196. The fourth-order valence-electron chi connectivity index (χ4n) is 1.80. The van der Waals surface area contributed by atoms with E-state index in [0.717, 1.165) is 12.5 Å². The first-order valence-corrected chi connectivity index (χ1v) is 5.86. The number of rotatable bonds is 3. The molecule has 1 atom stereocenters. The van der Waals surface area contributed by atoms with Crippen LogP contribution in [-0.4, -0.2) is 22.8 Å². The third-order valence-electron chi connectivity index (χ3n) is 2.68. The molecule has 0 N–H and O–H groups in total. The maximum Gasteiger partial charge on any atom is 0.330 e. The minimum absolute atomic E-state index is 0.0233. The lowest BCUT2D eigenvalue weighted by Gasteiger charge is -2.11. The molecule has 0 aliphatic carbocycles. The number of benzene rings is 1. The molecule has 1 aliphatic heterocycles. The first-order valence-electron chi connectivity index (χ1n) is 5.86. The summed E-state index contributed by atoms with van der Waals surface area (Å²) >= 11 is 0. The van der Waals surface area contributed by atoms with E-state index >= 15 is 0 Å². The fourth-order valence-corrected chi connectivity index (χ4v) is 1.80. The van der Waals surface area contributed by atoms with Crippen LogP contribution in [0, 0.1) is 5.92 Å². The molecule has 0 bridgehead atoms. The highest BCUT2D eigenvalue weighted by molar-refractivity contribution is 6.04. The number of carbonyl (C=O) groups is 3. The smallest absolute Gasteiger partial charge is 0.330 e. The summed E-state index contributed by atoms with van der Waals surface area (Å²) < 4.78 is 0. The quantitative estimate of drug-likeness (QED) is 0.773. The van der Waals surface area contributed by atoms with Crippen molar-refractivity contribution >= 4 is 23.9 Å². The van der Waals surface area contributed by atoms with Crippen molar-refractivity contribution in [2.75, 3.05) is 0 Å². The van der Waals surface area contributed by atoms with Gasteiger partial charge < -0.3 is 4.84 Å². The first-order chi connectivity index (χ1) is 9.08. The van der Waals surface area contributed by atoms with Crippen LogP contribution in [0.2, 0.25) is 0 Å². The zero-order chi connectivity index (χ0) is 13.8. The normalized spacial score (nSPS) is 19.2. The highest BCUT2D eigenvalue weighted by atomic mass is 16.7. The Hall–Kier alpha value is -2.43. The second-order valence-electron chi connectivity index (χ2n) is 4.19. The molecule has 1 unspecified atom stereocenters. The predicted octanol–water partition coefficient (Wildman–Crippen LogP) is 1.55. The molecule has 98 valence electrons. The van der Waals surface area contributed by atoms with Crippen molar-refractivity contribution in [2.24, 2.45) is 5.92 Å². The average Bonchev–Trinajstić information content (AvgIpc) is 2.65. The van der Waals surface area contributed by atoms with Gasteiger partial charge in [0.15, 0.2) is 0 Å². The number of imide groups is 1. The summed E-state index contributed by atoms with van der Waals surface area (Å²) in [6.45, 7) is 1.15. The molecular weight excluding hydrogens is 246 g/mol. The molecule has 1 aromatic rings. The molecule has 2 amide bonds. The van der Waals surface area contributed by atoms with Crippen LogP contribution in [0.1, 0.15) is 18.9 Å². The number of hydrogen-bond acceptors (Lipinski definition) is 4. The van der Waals surface area contributed by atoms with Gasteiger partial charge in [-0.3, -0.25) is 9.59 Å². The highest BCUT2D eigenvalue weighted by Crippen LogP contribution is 2.22. The number of hydroxylamine groups is 2. The molecule has 1 aromatic carbocycles. The number of amides is 2. The molecular formula is C14H13NO4. The van der Waals surface area contributed by atoms with E-state index in [1.54, 1.807) is 12.2 Å². The van der Waals surface area contributed by atoms with E-state index in [-0.39, 0.29) is 6.42 Å². The Labute approximate surface area is 110 Å². The van der Waals surface area contributed by atoms with Gasteiger partial charge in [0.1, 0.15) is 0 Å². The van der Waals surface area contributed by atoms with Crippen LogP contribution in [0.15, 0.2) is 36.4 Å². The maximum absolute atomic E-state index is 11.8. The molecule has 2 rings (SSSR count). The molecule has 0 spiro atoms. The molecule has 19 heavy (non-hydrogen) atoms. The molecule has 0 aromatic heterocycles. The summed E-state index contributed by atoms with van der Waals surface area (Å²) in [4.78, 5) is 38.8. The topological polar surface area (TPSA) is 63.7 Å². The Bertz CT molecular complexity index is 536. The van der Waals surface area contributed by atoms with Crippen molar-refractivity contribution in [1.29, 1.82) is 0 Å². The minimum Gasteiger partial charge on any atom is -0.331 e. The number of hydrogen-bond donors (Lipinski definition) is 0. The van der Waals surface area contributed by atoms with Gasteiger partial charge in [-0.15, -0.1) is 5.06 Å². The van der Waals surface area contributed by atoms with E-state index in [2.05, 4.69) is 4.84 Å². The largest absolute Gasteiger partial charge is 0.331 e. The fraction of sp³-hybridized carbons (Fsp3) is 0.214. The molecule has 5 heteroatoms. The number of carbonyl (C=O) groups excluding carboxylic acids is 3. The minimum atomic E-state index is -0.686. The first kappa shape index (κ1) is 13.0. The van der Waals surface area contributed by atoms with E-state index < -0.39 is 23.7 Å². The SMILES string of the molecule is CC(=O)ON1C(=O)CC(/C=C/c2ccccc2)C1=O. The third-order valence-corrected chi connectivity index (χ3v) is 2.68. The van der Waals surface area contributed by atoms with Crippen molar-refractivity contribution in [3.63, 3.8) is 0 Å². The van der Waals surface area contributed by atoms with Crippen LogP contribution in [0.4, 0.5) is 0 Å². The van der Waals surface area contributed by atoms with Crippen LogP contribution < -0.4 is 0 Å². The molecule has 1 heterocycles. The Morgan fingerprint density at radius 2 is 2.00 bits per heavy atom. The zero-order valence-electron chi connectivity index (χ0n) is 10.4. The summed E-state index contributed by atoms with van der Waals surface area (Å²) in [5.74, 6) is -2.27. The Kier molecular flexibility index (Phi) is 3.75. The Morgan fingerprint density at radius 3 is 2.63 bits per heavy atom. The van der Waals surface area contributed by atoms with Gasteiger partial charge in [0, 0.05) is 13.3 Å². The van der Waals surface area contributed by atoms with Gasteiger partial charge in [0.25, 0.3) is 11.8 Å². The van der Waals surface area contributed by atoms with Gasteiger partial charge in [-0.1, -0.05) is 42.5 Å². The third kappa shape index (κ3) is 3.07. The van der Waals surface area contributed by atoms with Crippen molar-refractivity contribution in [3.05, 3.63) is 42.0 Å².